The Labute approximate surface area is 136 Å². The molecule has 0 bridgehead atoms. The monoisotopic (exact) mass is 390 g/mol. The van der Waals surface area contributed by atoms with Crippen molar-refractivity contribution in [3.05, 3.63) is 39.0 Å². The van der Waals surface area contributed by atoms with Gasteiger partial charge < -0.3 is 10.5 Å². The van der Waals surface area contributed by atoms with E-state index >= 15 is 0 Å². The summed E-state index contributed by atoms with van der Waals surface area (Å²) in [7, 11) is -3.58. The van der Waals surface area contributed by atoms with E-state index in [4.69, 9.17) is 10.5 Å². The molecular formula is C13H15BrN2O3S2. The lowest BCUT2D eigenvalue weighted by atomic mass is 10.3. The van der Waals surface area contributed by atoms with Crippen LogP contribution < -0.4 is 15.2 Å². The van der Waals surface area contributed by atoms with Crippen LogP contribution in [0, 0.1) is 6.92 Å². The molecule has 1 aromatic heterocycles. The average molecular weight is 391 g/mol. The zero-order chi connectivity index (χ0) is 15.5. The standard InChI is InChI=1S/C13H15BrN2O3S2/c1-9-12(8-13(14)20-9)21(17,18)16-10-2-4-11(5-3-10)19-7-6-15/h2-5,8,16H,6-7,15H2,1H3. The van der Waals surface area contributed by atoms with Crippen LogP contribution >= 0.6 is 27.3 Å². The Morgan fingerprint density at radius 3 is 2.52 bits per heavy atom. The maximum atomic E-state index is 12.3. The van der Waals surface area contributed by atoms with Gasteiger partial charge in [-0.1, -0.05) is 0 Å². The first-order valence-electron chi connectivity index (χ1n) is 6.14. The SMILES string of the molecule is Cc1sc(Br)cc1S(=O)(=O)Nc1ccc(OCCN)cc1. The number of hydrogen-bond donors (Lipinski definition) is 2. The van der Waals surface area contributed by atoms with Gasteiger partial charge in [-0.15, -0.1) is 11.3 Å². The lowest BCUT2D eigenvalue weighted by molar-refractivity contribution is 0.328. The Morgan fingerprint density at radius 2 is 2.00 bits per heavy atom. The van der Waals surface area contributed by atoms with Gasteiger partial charge in [-0.3, -0.25) is 4.72 Å². The van der Waals surface area contributed by atoms with Crippen molar-refractivity contribution in [2.45, 2.75) is 11.8 Å². The molecule has 5 nitrogen and oxygen atoms in total. The second-order valence-corrected chi connectivity index (χ2v) is 8.52. The lowest BCUT2D eigenvalue weighted by Crippen LogP contribution is -2.13. The third-order valence-electron chi connectivity index (χ3n) is 2.62. The molecule has 2 rings (SSSR count). The van der Waals surface area contributed by atoms with Crippen molar-refractivity contribution < 1.29 is 13.2 Å². The molecular weight excluding hydrogens is 376 g/mol. The molecule has 3 N–H and O–H groups in total. The van der Waals surface area contributed by atoms with Crippen molar-refractivity contribution in [3.8, 4) is 5.75 Å². The fourth-order valence-corrected chi connectivity index (χ4v) is 5.18. The highest BCUT2D eigenvalue weighted by Crippen LogP contribution is 2.31. The van der Waals surface area contributed by atoms with Crippen LogP contribution in [0.4, 0.5) is 5.69 Å². The fraction of sp³-hybridized carbons (Fsp3) is 0.231. The van der Waals surface area contributed by atoms with Gasteiger partial charge in [0.2, 0.25) is 0 Å². The maximum absolute atomic E-state index is 12.3. The Hall–Kier alpha value is -1.09. The highest BCUT2D eigenvalue weighted by atomic mass is 79.9. The summed E-state index contributed by atoms with van der Waals surface area (Å²) in [6.45, 7) is 2.63. The number of halogens is 1. The molecule has 0 atom stereocenters. The van der Waals surface area contributed by atoms with Crippen LogP contribution in [-0.4, -0.2) is 21.6 Å². The van der Waals surface area contributed by atoms with Gasteiger partial charge in [-0.2, -0.15) is 0 Å². The van der Waals surface area contributed by atoms with E-state index in [1.54, 1.807) is 37.3 Å². The highest BCUT2D eigenvalue weighted by molar-refractivity contribution is 9.11. The largest absolute Gasteiger partial charge is 0.492 e. The van der Waals surface area contributed by atoms with Gasteiger partial charge in [-0.05, 0) is 53.2 Å². The van der Waals surface area contributed by atoms with Gasteiger partial charge >= 0.3 is 0 Å². The maximum Gasteiger partial charge on any atom is 0.263 e. The number of nitrogens with one attached hydrogen (secondary N) is 1. The number of aryl methyl sites for hydroxylation is 1. The van der Waals surface area contributed by atoms with Gasteiger partial charge in [0.05, 0.1) is 3.79 Å². The Bertz CT molecular complexity index is 712. The summed E-state index contributed by atoms with van der Waals surface area (Å²) in [5, 5.41) is 0. The molecule has 0 amide bonds. The van der Waals surface area contributed by atoms with E-state index in [0.29, 0.717) is 24.6 Å². The van der Waals surface area contributed by atoms with E-state index < -0.39 is 10.0 Å². The van der Waals surface area contributed by atoms with Crippen molar-refractivity contribution in [2.24, 2.45) is 5.73 Å². The minimum atomic E-state index is -3.58. The first-order chi connectivity index (χ1) is 9.92. The summed E-state index contributed by atoms with van der Waals surface area (Å²) < 4.78 is 33.3. The molecule has 1 heterocycles. The van der Waals surface area contributed by atoms with Crippen molar-refractivity contribution >= 4 is 43.0 Å². The zero-order valence-corrected chi connectivity index (χ0v) is 14.5. The highest BCUT2D eigenvalue weighted by Gasteiger charge is 2.19. The smallest absolute Gasteiger partial charge is 0.263 e. The van der Waals surface area contributed by atoms with Crippen LogP contribution in [0.15, 0.2) is 39.0 Å². The second kappa shape index (κ2) is 6.78. The predicted octanol–water partition coefficient (Wildman–Crippen LogP) is 2.96. The Balaban J connectivity index is 2.15. The van der Waals surface area contributed by atoms with Crippen molar-refractivity contribution in [1.29, 1.82) is 0 Å². The number of rotatable bonds is 6. The number of benzene rings is 1. The molecule has 2 aromatic rings. The summed E-state index contributed by atoms with van der Waals surface area (Å²) in [4.78, 5) is 1.01. The molecule has 0 unspecified atom stereocenters. The topological polar surface area (TPSA) is 81.4 Å². The van der Waals surface area contributed by atoms with E-state index in [1.807, 2.05) is 0 Å². The van der Waals surface area contributed by atoms with Crippen molar-refractivity contribution in [2.75, 3.05) is 17.9 Å². The molecule has 0 aliphatic carbocycles. The Morgan fingerprint density at radius 1 is 1.33 bits per heavy atom. The number of thiophene rings is 1. The molecule has 114 valence electrons. The molecule has 0 fully saturated rings. The third-order valence-corrected chi connectivity index (χ3v) is 5.81. The number of hydrogen-bond acceptors (Lipinski definition) is 5. The molecule has 0 aliphatic rings. The first kappa shape index (κ1) is 16.3. The van der Waals surface area contributed by atoms with Crippen molar-refractivity contribution in [3.63, 3.8) is 0 Å². The quantitative estimate of drug-likeness (QED) is 0.794. The van der Waals surface area contributed by atoms with E-state index in [0.717, 1.165) is 8.66 Å². The van der Waals surface area contributed by atoms with Crippen LogP contribution in [0.3, 0.4) is 0 Å². The first-order valence-corrected chi connectivity index (χ1v) is 9.23. The van der Waals surface area contributed by atoms with Crippen molar-refractivity contribution in [1.82, 2.24) is 0 Å². The fourth-order valence-electron chi connectivity index (χ4n) is 1.70. The van der Waals surface area contributed by atoms with Crippen LogP contribution in [-0.2, 0) is 10.0 Å². The molecule has 21 heavy (non-hydrogen) atoms. The molecule has 8 heteroatoms. The Kier molecular flexibility index (Phi) is 5.26. The van der Waals surface area contributed by atoms with Gasteiger partial charge in [0.15, 0.2) is 0 Å². The van der Waals surface area contributed by atoms with Gasteiger partial charge in [0, 0.05) is 17.1 Å². The van der Waals surface area contributed by atoms with E-state index in [9.17, 15) is 8.42 Å². The van der Waals surface area contributed by atoms with Crippen LogP contribution in [0.2, 0.25) is 0 Å². The molecule has 0 saturated heterocycles. The molecule has 0 spiro atoms. The van der Waals surface area contributed by atoms with E-state index in [-0.39, 0.29) is 4.90 Å². The minimum Gasteiger partial charge on any atom is -0.492 e. The number of ether oxygens (including phenoxy) is 1. The van der Waals surface area contributed by atoms with Crippen LogP contribution in [0.5, 0.6) is 5.75 Å². The predicted molar refractivity (Wildman–Crippen MR) is 88.6 cm³/mol. The zero-order valence-electron chi connectivity index (χ0n) is 11.3. The molecule has 0 radical (unpaired) electrons. The summed E-state index contributed by atoms with van der Waals surface area (Å²) in [5.74, 6) is 0.651. The molecule has 0 saturated carbocycles. The van der Waals surface area contributed by atoms with E-state index in [2.05, 4.69) is 20.7 Å². The van der Waals surface area contributed by atoms with Gasteiger partial charge in [0.25, 0.3) is 10.0 Å². The molecule has 1 aromatic carbocycles. The lowest BCUT2D eigenvalue weighted by Gasteiger charge is -2.09. The second-order valence-electron chi connectivity index (χ2n) is 4.24. The number of sulfonamides is 1. The minimum absolute atomic E-state index is 0.280. The van der Waals surface area contributed by atoms with Crippen LogP contribution in [0.1, 0.15) is 4.88 Å². The summed E-state index contributed by atoms with van der Waals surface area (Å²) in [6.07, 6.45) is 0. The van der Waals surface area contributed by atoms with E-state index in [1.165, 1.54) is 11.3 Å². The molecule has 0 aliphatic heterocycles. The number of anilines is 1. The normalized spacial score (nSPS) is 11.4. The average Bonchev–Trinajstić information content (AvgIpc) is 2.77. The summed E-state index contributed by atoms with van der Waals surface area (Å²) >= 11 is 4.68. The summed E-state index contributed by atoms with van der Waals surface area (Å²) in [6, 6.07) is 8.30. The summed E-state index contributed by atoms with van der Waals surface area (Å²) in [5.41, 5.74) is 5.83. The number of nitrogens with two attached hydrogens (primary N) is 1. The van der Waals surface area contributed by atoms with Gasteiger partial charge in [-0.25, -0.2) is 8.42 Å². The van der Waals surface area contributed by atoms with Crippen LogP contribution in [0.25, 0.3) is 0 Å². The third kappa shape index (κ3) is 4.19. The van der Waals surface area contributed by atoms with Gasteiger partial charge in [0.1, 0.15) is 17.3 Å².